The number of benzene rings is 1. The van der Waals surface area contributed by atoms with Crippen LogP contribution in [0.3, 0.4) is 0 Å². The molecule has 3 rings (SSSR count). The van der Waals surface area contributed by atoms with E-state index in [-0.39, 0.29) is 36.0 Å². The van der Waals surface area contributed by atoms with Gasteiger partial charge in [-0.3, -0.25) is 4.79 Å². The summed E-state index contributed by atoms with van der Waals surface area (Å²) in [6, 6.07) is 4.95. The lowest BCUT2D eigenvalue weighted by atomic mass is 10.1. The third-order valence-corrected chi connectivity index (χ3v) is 7.58. The summed E-state index contributed by atoms with van der Waals surface area (Å²) in [5.41, 5.74) is 1.55. The first-order valence-corrected chi connectivity index (χ1v) is 14.3. The molecule has 0 bridgehead atoms. The fourth-order valence-corrected chi connectivity index (χ4v) is 5.61. The highest BCUT2D eigenvalue weighted by molar-refractivity contribution is 14.1. The van der Waals surface area contributed by atoms with Crippen LogP contribution in [0, 0.1) is 9.49 Å². The number of rotatable bonds is 9. The van der Waals surface area contributed by atoms with Crippen LogP contribution in [0.4, 0.5) is 5.69 Å². The zero-order valence-electron chi connectivity index (χ0n) is 20.2. The highest BCUT2D eigenvalue weighted by Crippen LogP contribution is 2.29. The third-order valence-electron chi connectivity index (χ3n) is 5.56. The lowest BCUT2D eigenvalue weighted by Crippen LogP contribution is -2.34. The summed E-state index contributed by atoms with van der Waals surface area (Å²) < 4.78 is 35.1. The Bertz CT molecular complexity index is 1170. The van der Waals surface area contributed by atoms with Gasteiger partial charge in [0.25, 0.3) is 10.0 Å². The van der Waals surface area contributed by atoms with Crippen LogP contribution in [0.15, 0.2) is 44.2 Å². The average molecular weight is 615 g/mol. The van der Waals surface area contributed by atoms with Crippen molar-refractivity contribution in [3.63, 3.8) is 0 Å². The van der Waals surface area contributed by atoms with Crippen molar-refractivity contribution in [2.45, 2.75) is 64.2 Å². The van der Waals surface area contributed by atoms with Crippen molar-refractivity contribution in [3.05, 3.63) is 33.4 Å². The van der Waals surface area contributed by atoms with Crippen molar-refractivity contribution in [1.82, 2.24) is 5.01 Å². The van der Waals surface area contributed by atoms with Gasteiger partial charge < -0.3 is 10.1 Å². The number of hydrogen-bond donors (Lipinski definition) is 1. The molecule has 190 valence electrons. The number of amides is 1. The van der Waals surface area contributed by atoms with E-state index in [4.69, 9.17) is 4.74 Å². The number of esters is 1. The monoisotopic (exact) mass is 614 g/mol. The molecule has 35 heavy (non-hydrogen) atoms. The molecule has 0 unspecified atom stereocenters. The number of nitrogens with one attached hydrogen (secondary N) is 1. The second-order valence-corrected chi connectivity index (χ2v) is 11.7. The summed E-state index contributed by atoms with van der Waals surface area (Å²) in [7, 11) is -3.94. The number of carbonyl (C=O) groups is 2. The van der Waals surface area contributed by atoms with Crippen molar-refractivity contribution in [1.29, 1.82) is 0 Å². The Balaban J connectivity index is 1.89. The lowest BCUT2D eigenvalue weighted by Gasteiger charge is -2.22. The zero-order valence-corrected chi connectivity index (χ0v) is 23.2. The van der Waals surface area contributed by atoms with E-state index in [0.29, 0.717) is 18.0 Å². The Kier molecular flexibility index (Phi) is 9.45. The number of fused-ring (bicyclic) bond motifs is 1. The molecule has 1 amide bonds. The number of sulfonamides is 1. The van der Waals surface area contributed by atoms with E-state index in [1.54, 1.807) is 25.1 Å². The number of nitrogens with zero attached hydrogens (tertiary/aromatic N) is 3. The Labute approximate surface area is 220 Å². The third kappa shape index (κ3) is 7.60. The maximum atomic E-state index is 13.3. The van der Waals surface area contributed by atoms with E-state index in [2.05, 4.69) is 14.8 Å². The van der Waals surface area contributed by atoms with Gasteiger partial charge in [0.2, 0.25) is 5.91 Å². The number of amidine groups is 1. The normalized spacial score (nSPS) is 16.9. The fourth-order valence-electron chi connectivity index (χ4n) is 3.74. The lowest BCUT2D eigenvalue weighted by molar-refractivity contribution is -0.135. The molecule has 0 radical (unpaired) electrons. The predicted molar refractivity (Wildman–Crippen MR) is 144 cm³/mol. The zero-order chi connectivity index (χ0) is 25.6. The second kappa shape index (κ2) is 12.1. The fraction of sp³-hybridized carbons (Fsp3) is 0.500. The average Bonchev–Trinajstić information content (AvgIpc) is 3.29. The molecule has 2 aliphatic rings. The number of allylic oxidation sites excluding steroid dienone is 1. The van der Waals surface area contributed by atoms with E-state index < -0.39 is 21.9 Å². The molecular formula is C24H31IN4O5S. The summed E-state index contributed by atoms with van der Waals surface area (Å²) in [5, 5.41) is 8.59. The number of hydrazone groups is 1. The van der Waals surface area contributed by atoms with Gasteiger partial charge in [-0.15, -0.1) is 4.40 Å². The van der Waals surface area contributed by atoms with Gasteiger partial charge in [0.15, 0.2) is 5.71 Å². The van der Waals surface area contributed by atoms with Gasteiger partial charge in [-0.1, -0.05) is 19.4 Å². The number of ether oxygens (including phenoxy) is 1. The van der Waals surface area contributed by atoms with Gasteiger partial charge in [0.05, 0.1) is 18.7 Å². The van der Waals surface area contributed by atoms with Crippen molar-refractivity contribution >= 4 is 61.7 Å². The summed E-state index contributed by atoms with van der Waals surface area (Å²) >= 11 is 2.03. The molecule has 0 atom stereocenters. The molecular weight excluding hydrogens is 583 g/mol. The Morgan fingerprint density at radius 1 is 1.29 bits per heavy atom. The van der Waals surface area contributed by atoms with Crippen LogP contribution in [0.5, 0.6) is 0 Å². The molecule has 0 aromatic heterocycles. The van der Waals surface area contributed by atoms with Crippen LogP contribution in [-0.2, 0) is 24.3 Å². The molecule has 1 heterocycles. The van der Waals surface area contributed by atoms with E-state index >= 15 is 0 Å². The molecule has 1 saturated carbocycles. The van der Waals surface area contributed by atoms with Gasteiger partial charge >= 0.3 is 5.97 Å². The van der Waals surface area contributed by atoms with Crippen LogP contribution in [-0.4, -0.2) is 50.0 Å². The van der Waals surface area contributed by atoms with Crippen LogP contribution >= 0.6 is 22.6 Å². The number of carbonyl (C=O) groups excluding carboxylic acids is 2. The van der Waals surface area contributed by atoms with Gasteiger partial charge in [-0.2, -0.15) is 13.5 Å². The minimum Gasteiger partial charge on any atom is -0.461 e. The van der Waals surface area contributed by atoms with E-state index in [9.17, 15) is 18.0 Å². The van der Waals surface area contributed by atoms with Crippen LogP contribution in [0.2, 0.25) is 0 Å². The second-order valence-electron chi connectivity index (χ2n) is 8.87. The summed E-state index contributed by atoms with van der Waals surface area (Å²) in [6.45, 7) is 6.23. The minimum absolute atomic E-state index is 0.0142. The molecule has 0 spiro atoms. The smallest absolute Gasteiger partial charge is 0.358 e. The van der Waals surface area contributed by atoms with Crippen LogP contribution in [0.1, 0.15) is 59.3 Å². The molecule has 9 nitrogen and oxygen atoms in total. The van der Waals surface area contributed by atoms with Gasteiger partial charge in [-0.25, -0.2) is 9.80 Å². The molecule has 1 aromatic rings. The maximum absolute atomic E-state index is 13.3. The highest BCUT2D eigenvalue weighted by atomic mass is 127. The Morgan fingerprint density at radius 3 is 2.66 bits per heavy atom. The maximum Gasteiger partial charge on any atom is 0.358 e. The molecule has 11 heteroatoms. The van der Waals surface area contributed by atoms with Crippen molar-refractivity contribution in [2.24, 2.45) is 15.4 Å². The molecule has 1 aliphatic carbocycles. The van der Waals surface area contributed by atoms with Crippen molar-refractivity contribution in [2.75, 3.05) is 18.5 Å². The standard InChI is InChI=1S/C24H31IN4O5S/c1-4-34-24(31)20(13-17-7-5-6-8-17)27-29(12-11-16(2)3)23(30)15-22-26-19-10-9-18(25)14-21(19)35(32,33)28-22/h9-10,13-14,16H,4-8,11-12,15H2,1-3H3,(H,26,28). The predicted octanol–water partition coefficient (Wildman–Crippen LogP) is 4.49. The topological polar surface area (TPSA) is 118 Å². The van der Waals surface area contributed by atoms with Crippen LogP contribution in [0.25, 0.3) is 0 Å². The van der Waals surface area contributed by atoms with Crippen molar-refractivity contribution in [3.8, 4) is 0 Å². The SMILES string of the molecule is CCOC(=O)C(C=C1CCCC1)=NN(CCC(C)C)C(=O)CC1=NS(=O)(=O)c2cc(I)ccc2N1. The van der Waals surface area contributed by atoms with Crippen LogP contribution < -0.4 is 5.32 Å². The number of halogens is 1. The molecule has 1 fully saturated rings. The molecule has 0 saturated heterocycles. The highest BCUT2D eigenvalue weighted by Gasteiger charge is 2.28. The van der Waals surface area contributed by atoms with Gasteiger partial charge in [0, 0.05) is 10.1 Å². The Hall–Kier alpha value is -2.28. The minimum atomic E-state index is -3.94. The largest absolute Gasteiger partial charge is 0.461 e. The molecule has 1 aromatic carbocycles. The van der Waals surface area contributed by atoms with E-state index in [0.717, 1.165) is 34.8 Å². The van der Waals surface area contributed by atoms with Gasteiger partial charge in [0.1, 0.15) is 10.7 Å². The summed E-state index contributed by atoms with van der Waals surface area (Å²) in [4.78, 5) is 26.0. The molecule has 1 N–H and O–H groups in total. The number of anilines is 1. The first kappa shape index (κ1) is 27.3. The van der Waals surface area contributed by atoms with E-state index in [1.807, 2.05) is 36.4 Å². The van der Waals surface area contributed by atoms with Gasteiger partial charge in [-0.05, 0) is 91.8 Å². The van der Waals surface area contributed by atoms with E-state index in [1.165, 1.54) is 11.1 Å². The summed E-state index contributed by atoms with van der Waals surface area (Å²) in [5.74, 6) is -0.749. The van der Waals surface area contributed by atoms with Crippen molar-refractivity contribution < 1.29 is 22.7 Å². The number of hydrogen-bond acceptors (Lipinski definition) is 7. The Morgan fingerprint density at radius 2 is 2.00 bits per heavy atom. The molecule has 1 aliphatic heterocycles. The first-order valence-electron chi connectivity index (χ1n) is 11.7. The quantitative estimate of drug-likeness (QED) is 0.190. The summed E-state index contributed by atoms with van der Waals surface area (Å²) in [6.07, 6.45) is 5.95. The first-order chi connectivity index (χ1) is 16.6.